The zero-order chi connectivity index (χ0) is 15.2. The van der Waals surface area contributed by atoms with Crippen LogP contribution in [0.4, 0.5) is 11.4 Å². The molecular formula is C14H20N4O3. The molecule has 0 atom stereocenters. The van der Waals surface area contributed by atoms with Gasteiger partial charge in [0.1, 0.15) is 0 Å². The van der Waals surface area contributed by atoms with Crippen LogP contribution < -0.4 is 10.2 Å². The first kappa shape index (κ1) is 15.4. The van der Waals surface area contributed by atoms with Gasteiger partial charge in [-0.15, -0.1) is 0 Å². The molecule has 1 aliphatic heterocycles. The summed E-state index contributed by atoms with van der Waals surface area (Å²) in [6, 6.07) is 6.02. The summed E-state index contributed by atoms with van der Waals surface area (Å²) in [4.78, 5) is 26.1. The maximum atomic E-state index is 12.3. The first-order valence-corrected chi connectivity index (χ1v) is 7.02. The standard InChI is InChI=1S/C14H20N4O3/c1-16(12-3-5-13(6-4-12)18(20)21)14(19)11-17-9-2-7-15-8-10-17/h3-6,15H,2,7-11H2,1H3. The number of hydrogen-bond donors (Lipinski definition) is 1. The molecule has 7 heteroatoms. The summed E-state index contributed by atoms with van der Waals surface area (Å²) in [5.74, 6) is -0.00856. The van der Waals surface area contributed by atoms with Crippen LogP contribution in [-0.2, 0) is 4.79 Å². The van der Waals surface area contributed by atoms with E-state index in [2.05, 4.69) is 10.2 Å². The van der Waals surface area contributed by atoms with Gasteiger partial charge in [0.05, 0.1) is 11.5 Å². The van der Waals surface area contributed by atoms with E-state index in [0.29, 0.717) is 12.2 Å². The minimum atomic E-state index is -0.449. The summed E-state index contributed by atoms with van der Waals surface area (Å²) in [5.41, 5.74) is 0.691. The lowest BCUT2D eigenvalue weighted by atomic mass is 10.2. The van der Waals surface area contributed by atoms with Gasteiger partial charge in [-0.05, 0) is 31.6 Å². The molecule has 1 aromatic carbocycles. The third-order valence-corrected chi connectivity index (χ3v) is 3.61. The summed E-state index contributed by atoms with van der Waals surface area (Å²) in [7, 11) is 1.69. The lowest BCUT2D eigenvalue weighted by Crippen LogP contribution is -2.39. The topological polar surface area (TPSA) is 78.7 Å². The van der Waals surface area contributed by atoms with Crippen LogP contribution in [0, 0.1) is 10.1 Å². The van der Waals surface area contributed by atoms with Crippen molar-refractivity contribution in [2.24, 2.45) is 0 Å². The SMILES string of the molecule is CN(C(=O)CN1CCCNCC1)c1ccc([N+](=O)[O-])cc1. The van der Waals surface area contributed by atoms with Crippen LogP contribution in [0.1, 0.15) is 6.42 Å². The predicted molar refractivity (Wildman–Crippen MR) is 80.4 cm³/mol. The Morgan fingerprint density at radius 3 is 2.71 bits per heavy atom. The Labute approximate surface area is 123 Å². The van der Waals surface area contributed by atoms with Gasteiger partial charge in [-0.2, -0.15) is 0 Å². The van der Waals surface area contributed by atoms with E-state index in [9.17, 15) is 14.9 Å². The number of nitro groups is 1. The lowest BCUT2D eigenvalue weighted by molar-refractivity contribution is -0.384. The molecule has 21 heavy (non-hydrogen) atoms. The van der Waals surface area contributed by atoms with Crippen LogP contribution >= 0.6 is 0 Å². The summed E-state index contributed by atoms with van der Waals surface area (Å²) in [6.45, 7) is 4.03. The molecule has 0 aliphatic carbocycles. The Morgan fingerprint density at radius 2 is 2.05 bits per heavy atom. The number of nitro benzene ring substituents is 1. The second-order valence-corrected chi connectivity index (χ2v) is 5.11. The monoisotopic (exact) mass is 292 g/mol. The van der Waals surface area contributed by atoms with E-state index in [-0.39, 0.29) is 11.6 Å². The van der Waals surface area contributed by atoms with Gasteiger partial charge in [0.2, 0.25) is 5.91 Å². The van der Waals surface area contributed by atoms with Crippen LogP contribution in [0.2, 0.25) is 0 Å². The molecule has 1 amide bonds. The number of benzene rings is 1. The fraction of sp³-hybridized carbons (Fsp3) is 0.500. The lowest BCUT2D eigenvalue weighted by Gasteiger charge is -2.23. The van der Waals surface area contributed by atoms with Crippen molar-refractivity contribution in [1.29, 1.82) is 0 Å². The maximum Gasteiger partial charge on any atom is 0.269 e. The number of carbonyl (C=O) groups is 1. The van der Waals surface area contributed by atoms with Crippen molar-refractivity contribution in [2.75, 3.05) is 44.7 Å². The molecule has 0 bridgehead atoms. The van der Waals surface area contributed by atoms with Gasteiger partial charge >= 0.3 is 0 Å². The van der Waals surface area contributed by atoms with Crippen molar-refractivity contribution in [1.82, 2.24) is 10.2 Å². The second-order valence-electron chi connectivity index (χ2n) is 5.11. The molecule has 0 saturated carbocycles. The molecule has 1 heterocycles. The van der Waals surface area contributed by atoms with E-state index in [4.69, 9.17) is 0 Å². The van der Waals surface area contributed by atoms with Crippen LogP contribution in [0.25, 0.3) is 0 Å². The van der Waals surface area contributed by atoms with Gasteiger partial charge < -0.3 is 10.2 Å². The van der Waals surface area contributed by atoms with Crippen LogP contribution in [0.3, 0.4) is 0 Å². The fourth-order valence-corrected chi connectivity index (χ4v) is 2.30. The van der Waals surface area contributed by atoms with E-state index in [1.54, 1.807) is 24.1 Å². The molecule has 1 N–H and O–H groups in total. The highest BCUT2D eigenvalue weighted by Crippen LogP contribution is 2.18. The van der Waals surface area contributed by atoms with Crippen LogP contribution in [0.15, 0.2) is 24.3 Å². The number of rotatable bonds is 4. The van der Waals surface area contributed by atoms with E-state index in [0.717, 1.165) is 32.6 Å². The third-order valence-electron chi connectivity index (χ3n) is 3.61. The van der Waals surface area contributed by atoms with Crippen LogP contribution in [-0.4, -0.2) is 55.5 Å². The van der Waals surface area contributed by atoms with E-state index >= 15 is 0 Å². The van der Waals surface area contributed by atoms with E-state index in [1.807, 2.05) is 0 Å². The van der Waals surface area contributed by atoms with Gasteiger partial charge in [0, 0.05) is 38.0 Å². The molecular weight excluding hydrogens is 272 g/mol. The van der Waals surface area contributed by atoms with Crippen molar-refractivity contribution >= 4 is 17.3 Å². The van der Waals surface area contributed by atoms with Crippen molar-refractivity contribution in [3.63, 3.8) is 0 Å². The molecule has 0 radical (unpaired) electrons. The second kappa shape index (κ2) is 7.14. The summed E-state index contributed by atoms with van der Waals surface area (Å²) < 4.78 is 0. The number of amides is 1. The molecule has 2 rings (SSSR count). The quantitative estimate of drug-likeness (QED) is 0.657. The van der Waals surface area contributed by atoms with Gasteiger partial charge in [-0.3, -0.25) is 19.8 Å². The number of carbonyl (C=O) groups excluding carboxylic acids is 1. The molecule has 0 spiro atoms. The highest BCUT2D eigenvalue weighted by Gasteiger charge is 2.17. The number of hydrogen-bond acceptors (Lipinski definition) is 5. The van der Waals surface area contributed by atoms with Crippen molar-refractivity contribution < 1.29 is 9.72 Å². The predicted octanol–water partition coefficient (Wildman–Crippen LogP) is 0.853. The van der Waals surface area contributed by atoms with E-state index in [1.165, 1.54) is 12.1 Å². The summed E-state index contributed by atoms with van der Waals surface area (Å²) in [5, 5.41) is 13.9. The van der Waals surface area contributed by atoms with Crippen LogP contribution in [0.5, 0.6) is 0 Å². The van der Waals surface area contributed by atoms with Gasteiger partial charge in [-0.1, -0.05) is 0 Å². The number of non-ortho nitro benzene ring substituents is 1. The molecule has 1 fully saturated rings. The Hall–Kier alpha value is -1.99. The maximum absolute atomic E-state index is 12.3. The third kappa shape index (κ3) is 4.24. The minimum Gasteiger partial charge on any atom is -0.315 e. The largest absolute Gasteiger partial charge is 0.315 e. The number of likely N-dealkylation sites (N-methyl/N-ethyl adjacent to an activating group) is 1. The Bertz CT molecular complexity index is 495. The highest BCUT2D eigenvalue weighted by atomic mass is 16.6. The van der Waals surface area contributed by atoms with Gasteiger partial charge in [-0.25, -0.2) is 0 Å². The van der Waals surface area contributed by atoms with Gasteiger partial charge in [0.15, 0.2) is 0 Å². The summed E-state index contributed by atoms with van der Waals surface area (Å²) >= 11 is 0. The molecule has 1 saturated heterocycles. The first-order valence-electron chi connectivity index (χ1n) is 7.02. The first-order chi connectivity index (χ1) is 10.1. The number of anilines is 1. The number of nitrogens with one attached hydrogen (secondary N) is 1. The van der Waals surface area contributed by atoms with Gasteiger partial charge in [0.25, 0.3) is 5.69 Å². The van der Waals surface area contributed by atoms with Crippen molar-refractivity contribution in [2.45, 2.75) is 6.42 Å². The smallest absolute Gasteiger partial charge is 0.269 e. The minimum absolute atomic E-state index is 0.00856. The Balaban J connectivity index is 1.96. The Morgan fingerprint density at radius 1 is 1.33 bits per heavy atom. The normalized spacial score (nSPS) is 16.2. The molecule has 1 aliphatic rings. The molecule has 0 unspecified atom stereocenters. The molecule has 7 nitrogen and oxygen atoms in total. The molecule has 0 aromatic heterocycles. The van der Waals surface area contributed by atoms with Crippen molar-refractivity contribution in [3.8, 4) is 0 Å². The zero-order valence-corrected chi connectivity index (χ0v) is 12.1. The summed E-state index contributed by atoms with van der Waals surface area (Å²) in [6.07, 6.45) is 1.04. The average molecular weight is 292 g/mol. The fourth-order valence-electron chi connectivity index (χ4n) is 2.30. The highest BCUT2D eigenvalue weighted by molar-refractivity contribution is 5.94. The van der Waals surface area contributed by atoms with Crippen molar-refractivity contribution in [3.05, 3.63) is 34.4 Å². The zero-order valence-electron chi connectivity index (χ0n) is 12.1. The van der Waals surface area contributed by atoms with E-state index < -0.39 is 4.92 Å². The number of nitrogens with zero attached hydrogens (tertiary/aromatic N) is 3. The molecule has 114 valence electrons. The average Bonchev–Trinajstić information content (AvgIpc) is 2.75. The molecule has 1 aromatic rings. The Kier molecular flexibility index (Phi) is 5.24.